The smallest absolute Gasteiger partial charge is 0.253 e. The molecule has 0 bridgehead atoms. The maximum absolute atomic E-state index is 12.5. The van der Waals surface area contributed by atoms with Crippen molar-refractivity contribution in [1.82, 2.24) is 10.6 Å². The number of rotatable bonds is 7. The molecule has 2 rings (SSSR count). The Morgan fingerprint density at radius 3 is 2.38 bits per heavy atom. The molecule has 126 valence electrons. The van der Waals surface area contributed by atoms with Gasteiger partial charge in [-0.05, 0) is 17.7 Å². The second kappa shape index (κ2) is 9.05. The van der Waals surface area contributed by atoms with Gasteiger partial charge in [-0.25, -0.2) is 0 Å². The summed E-state index contributed by atoms with van der Waals surface area (Å²) in [5.74, 6) is -0.596. The van der Waals surface area contributed by atoms with Crippen LogP contribution in [0.25, 0.3) is 0 Å². The number of carbonyl (C=O) groups is 2. The number of carbonyl (C=O) groups excluding carboxylic acids is 2. The van der Waals surface area contributed by atoms with Gasteiger partial charge >= 0.3 is 0 Å². The van der Waals surface area contributed by atoms with E-state index in [2.05, 4.69) is 10.6 Å². The second-order valence-electron chi connectivity index (χ2n) is 5.19. The first-order valence-electron chi connectivity index (χ1n) is 7.59. The summed E-state index contributed by atoms with van der Waals surface area (Å²) in [6.07, 6.45) is 0.0696. The molecule has 0 aliphatic heterocycles. The van der Waals surface area contributed by atoms with Crippen LogP contribution in [-0.4, -0.2) is 30.1 Å². The predicted molar refractivity (Wildman–Crippen MR) is 92.8 cm³/mol. The van der Waals surface area contributed by atoms with Gasteiger partial charge in [0.2, 0.25) is 5.91 Å². The first-order chi connectivity index (χ1) is 11.6. The molecule has 0 heterocycles. The first-order valence-corrected chi connectivity index (χ1v) is 7.97. The lowest BCUT2D eigenvalue weighted by molar-refractivity contribution is -0.121. The van der Waals surface area contributed by atoms with E-state index in [1.54, 1.807) is 24.3 Å². The molecule has 1 unspecified atom stereocenters. The fourth-order valence-corrected chi connectivity index (χ4v) is 2.49. The van der Waals surface area contributed by atoms with Crippen LogP contribution in [0.3, 0.4) is 0 Å². The van der Waals surface area contributed by atoms with Crippen molar-refractivity contribution in [1.29, 1.82) is 0 Å². The molecule has 3 N–H and O–H groups in total. The Balaban J connectivity index is 2.15. The fourth-order valence-electron chi connectivity index (χ4n) is 2.27. The Morgan fingerprint density at radius 1 is 1.04 bits per heavy atom. The highest BCUT2D eigenvalue weighted by atomic mass is 35.5. The van der Waals surface area contributed by atoms with Gasteiger partial charge < -0.3 is 15.7 Å². The molecular weight excluding hydrogens is 328 g/mol. The zero-order valence-electron chi connectivity index (χ0n) is 13.0. The number of hydrogen-bond acceptors (Lipinski definition) is 3. The summed E-state index contributed by atoms with van der Waals surface area (Å²) < 4.78 is 0. The van der Waals surface area contributed by atoms with Gasteiger partial charge in [0.25, 0.3) is 5.91 Å². The van der Waals surface area contributed by atoms with Gasteiger partial charge in [-0.1, -0.05) is 54.1 Å². The molecule has 2 aromatic rings. The molecule has 0 fully saturated rings. The van der Waals surface area contributed by atoms with E-state index in [9.17, 15) is 9.59 Å². The topological polar surface area (TPSA) is 78.4 Å². The van der Waals surface area contributed by atoms with Crippen molar-refractivity contribution in [2.75, 3.05) is 13.2 Å². The van der Waals surface area contributed by atoms with Crippen molar-refractivity contribution in [2.45, 2.75) is 12.5 Å². The number of aliphatic hydroxyl groups is 1. The molecule has 0 saturated heterocycles. The third-order valence-electron chi connectivity index (χ3n) is 3.45. The fraction of sp³-hybridized carbons (Fsp3) is 0.222. The van der Waals surface area contributed by atoms with Gasteiger partial charge in [-0.2, -0.15) is 0 Å². The molecule has 2 aromatic carbocycles. The minimum Gasteiger partial charge on any atom is -0.395 e. The van der Waals surface area contributed by atoms with Crippen LogP contribution in [0.15, 0.2) is 54.6 Å². The molecule has 0 aromatic heterocycles. The number of halogens is 1. The van der Waals surface area contributed by atoms with Crippen LogP contribution in [-0.2, 0) is 4.79 Å². The van der Waals surface area contributed by atoms with Crippen LogP contribution in [0.5, 0.6) is 0 Å². The van der Waals surface area contributed by atoms with E-state index >= 15 is 0 Å². The average Bonchev–Trinajstić information content (AvgIpc) is 2.60. The summed E-state index contributed by atoms with van der Waals surface area (Å²) in [6, 6.07) is 15.5. The lowest BCUT2D eigenvalue weighted by Crippen LogP contribution is -2.34. The van der Waals surface area contributed by atoms with Crippen molar-refractivity contribution < 1.29 is 14.7 Å². The van der Waals surface area contributed by atoms with Gasteiger partial charge in [0.15, 0.2) is 0 Å². The summed E-state index contributed by atoms with van der Waals surface area (Å²) in [7, 11) is 0. The first kappa shape index (κ1) is 18.0. The van der Waals surface area contributed by atoms with E-state index in [0.717, 1.165) is 5.56 Å². The molecule has 0 radical (unpaired) electrons. The van der Waals surface area contributed by atoms with Gasteiger partial charge in [-0.15, -0.1) is 0 Å². The summed E-state index contributed by atoms with van der Waals surface area (Å²) in [5.41, 5.74) is 1.17. The summed E-state index contributed by atoms with van der Waals surface area (Å²) >= 11 is 6.05. The Hall–Kier alpha value is -2.37. The SMILES string of the molecule is O=C(CC(NC(=O)c1ccccc1Cl)c1ccccc1)NCCO. The number of amides is 2. The van der Waals surface area contributed by atoms with Crippen LogP contribution in [0.4, 0.5) is 0 Å². The molecule has 2 amide bonds. The van der Waals surface area contributed by atoms with Gasteiger partial charge in [0, 0.05) is 6.54 Å². The Bertz CT molecular complexity index is 692. The van der Waals surface area contributed by atoms with E-state index in [-0.39, 0.29) is 31.4 Å². The molecule has 24 heavy (non-hydrogen) atoms. The normalized spacial score (nSPS) is 11.6. The molecule has 0 spiro atoms. The Morgan fingerprint density at radius 2 is 1.71 bits per heavy atom. The third-order valence-corrected chi connectivity index (χ3v) is 3.78. The van der Waals surface area contributed by atoms with E-state index in [1.807, 2.05) is 30.3 Å². The monoisotopic (exact) mass is 346 g/mol. The quantitative estimate of drug-likeness (QED) is 0.720. The van der Waals surface area contributed by atoms with Crippen LogP contribution >= 0.6 is 11.6 Å². The largest absolute Gasteiger partial charge is 0.395 e. The van der Waals surface area contributed by atoms with Gasteiger partial charge in [0.1, 0.15) is 0 Å². The minimum atomic E-state index is -0.492. The molecule has 0 aliphatic rings. The van der Waals surface area contributed by atoms with E-state index in [0.29, 0.717) is 10.6 Å². The standard InChI is InChI=1S/C18H19ClN2O3/c19-15-9-5-4-8-14(15)18(24)21-16(12-17(23)20-10-11-22)13-6-2-1-3-7-13/h1-9,16,22H,10-12H2,(H,20,23)(H,21,24). The Labute approximate surface area is 145 Å². The predicted octanol–water partition coefficient (Wildman–Crippen LogP) is 2.31. The number of hydrogen-bond donors (Lipinski definition) is 3. The van der Waals surface area contributed by atoms with Crippen LogP contribution in [0.1, 0.15) is 28.4 Å². The van der Waals surface area contributed by atoms with E-state index in [1.165, 1.54) is 0 Å². The maximum Gasteiger partial charge on any atom is 0.253 e. The van der Waals surface area contributed by atoms with E-state index in [4.69, 9.17) is 16.7 Å². The lowest BCUT2D eigenvalue weighted by atomic mass is 10.0. The van der Waals surface area contributed by atoms with Crippen LogP contribution < -0.4 is 10.6 Å². The van der Waals surface area contributed by atoms with Crippen LogP contribution in [0, 0.1) is 0 Å². The molecule has 0 saturated carbocycles. The zero-order chi connectivity index (χ0) is 17.4. The summed E-state index contributed by atoms with van der Waals surface area (Å²) in [4.78, 5) is 24.4. The van der Waals surface area contributed by atoms with Gasteiger partial charge in [0.05, 0.1) is 29.7 Å². The molecule has 5 nitrogen and oxygen atoms in total. The maximum atomic E-state index is 12.5. The molecule has 1 atom stereocenters. The van der Waals surface area contributed by atoms with Crippen molar-refractivity contribution in [3.8, 4) is 0 Å². The van der Waals surface area contributed by atoms with Crippen molar-refractivity contribution in [3.63, 3.8) is 0 Å². The number of nitrogens with one attached hydrogen (secondary N) is 2. The van der Waals surface area contributed by atoms with Crippen molar-refractivity contribution >= 4 is 23.4 Å². The highest BCUT2D eigenvalue weighted by molar-refractivity contribution is 6.33. The average molecular weight is 347 g/mol. The molecular formula is C18H19ClN2O3. The highest BCUT2D eigenvalue weighted by Crippen LogP contribution is 2.20. The third kappa shape index (κ3) is 5.08. The van der Waals surface area contributed by atoms with Crippen molar-refractivity contribution in [3.05, 3.63) is 70.7 Å². The molecule has 6 heteroatoms. The van der Waals surface area contributed by atoms with Crippen LogP contribution in [0.2, 0.25) is 5.02 Å². The van der Waals surface area contributed by atoms with E-state index < -0.39 is 6.04 Å². The highest BCUT2D eigenvalue weighted by Gasteiger charge is 2.20. The minimum absolute atomic E-state index is 0.0696. The number of benzene rings is 2. The number of aliphatic hydroxyl groups excluding tert-OH is 1. The second-order valence-corrected chi connectivity index (χ2v) is 5.60. The lowest BCUT2D eigenvalue weighted by Gasteiger charge is -2.19. The van der Waals surface area contributed by atoms with Gasteiger partial charge in [-0.3, -0.25) is 9.59 Å². The van der Waals surface area contributed by atoms with Crippen molar-refractivity contribution in [2.24, 2.45) is 0 Å². The summed E-state index contributed by atoms with van der Waals surface area (Å²) in [6.45, 7) is 0.0481. The summed E-state index contributed by atoms with van der Waals surface area (Å²) in [5, 5.41) is 14.6. The Kier molecular flexibility index (Phi) is 6.78. The molecule has 0 aliphatic carbocycles. The zero-order valence-corrected chi connectivity index (χ0v) is 13.8.